The molecular weight excluding hydrogens is 252 g/mol. The molecule has 3 N–H and O–H groups in total. The number of hydrogen-bond acceptors (Lipinski definition) is 4. The lowest BCUT2D eigenvalue weighted by Crippen LogP contribution is -2.59. The number of nitrogens with zero attached hydrogens (tertiary/aromatic N) is 2. The molecule has 20 heavy (non-hydrogen) atoms. The molecule has 2 fully saturated rings. The molecule has 5 heteroatoms. The van der Waals surface area contributed by atoms with Crippen LogP contribution >= 0.6 is 0 Å². The molecule has 2 aliphatic heterocycles. The van der Waals surface area contributed by atoms with E-state index in [0.717, 1.165) is 26.2 Å². The third kappa shape index (κ3) is 3.71. The predicted molar refractivity (Wildman–Crippen MR) is 81.5 cm³/mol. The van der Waals surface area contributed by atoms with Crippen LogP contribution in [0.1, 0.15) is 39.5 Å². The molecule has 0 aromatic heterocycles. The van der Waals surface area contributed by atoms with E-state index < -0.39 is 5.54 Å². The number of rotatable bonds is 6. The van der Waals surface area contributed by atoms with Crippen molar-refractivity contribution in [2.75, 3.05) is 39.3 Å². The summed E-state index contributed by atoms with van der Waals surface area (Å²) < 4.78 is 0. The highest BCUT2D eigenvalue weighted by atomic mass is 16.1. The molecule has 0 saturated carbocycles. The molecule has 2 unspecified atom stereocenters. The zero-order chi connectivity index (χ0) is 14.6. The van der Waals surface area contributed by atoms with E-state index in [9.17, 15) is 4.79 Å². The molecule has 2 rings (SSSR count). The standard InChI is InChI=1S/C15H30N4O/c1-3-17-15(2,14(16)20)12-18-10-7-13(11-18)19-8-5-4-6-9-19/h13,17H,3-12H2,1-2H3,(H2,16,20). The van der Waals surface area contributed by atoms with E-state index in [1.807, 2.05) is 13.8 Å². The van der Waals surface area contributed by atoms with Gasteiger partial charge < -0.3 is 11.1 Å². The normalized spacial score (nSPS) is 28.4. The van der Waals surface area contributed by atoms with E-state index in [2.05, 4.69) is 15.1 Å². The molecule has 0 spiro atoms. The summed E-state index contributed by atoms with van der Waals surface area (Å²) >= 11 is 0. The lowest BCUT2D eigenvalue weighted by molar-refractivity contribution is -0.124. The molecule has 116 valence electrons. The number of carbonyl (C=O) groups excluding carboxylic acids is 1. The minimum absolute atomic E-state index is 0.249. The molecule has 2 heterocycles. The van der Waals surface area contributed by atoms with E-state index in [1.54, 1.807) is 0 Å². The number of hydrogen-bond donors (Lipinski definition) is 2. The van der Waals surface area contributed by atoms with Gasteiger partial charge in [0.25, 0.3) is 0 Å². The van der Waals surface area contributed by atoms with Crippen LogP contribution in [0.4, 0.5) is 0 Å². The van der Waals surface area contributed by atoms with Crippen LogP contribution in [0, 0.1) is 0 Å². The van der Waals surface area contributed by atoms with Crippen LogP contribution in [0.15, 0.2) is 0 Å². The largest absolute Gasteiger partial charge is 0.368 e. The summed E-state index contributed by atoms with van der Waals surface area (Å²) in [5.74, 6) is -0.249. The van der Waals surface area contributed by atoms with Crippen molar-refractivity contribution in [3.8, 4) is 0 Å². The number of carbonyl (C=O) groups is 1. The monoisotopic (exact) mass is 282 g/mol. The minimum Gasteiger partial charge on any atom is -0.368 e. The highest BCUT2D eigenvalue weighted by molar-refractivity contribution is 5.84. The first-order valence-electron chi connectivity index (χ1n) is 8.06. The van der Waals surface area contributed by atoms with E-state index in [-0.39, 0.29) is 5.91 Å². The van der Waals surface area contributed by atoms with E-state index in [0.29, 0.717) is 6.04 Å². The van der Waals surface area contributed by atoms with Gasteiger partial charge in [0.05, 0.1) is 0 Å². The quantitative estimate of drug-likeness (QED) is 0.740. The van der Waals surface area contributed by atoms with Crippen molar-refractivity contribution in [1.29, 1.82) is 0 Å². The summed E-state index contributed by atoms with van der Waals surface area (Å²) in [4.78, 5) is 16.7. The molecule has 2 atom stereocenters. The summed E-state index contributed by atoms with van der Waals surface area (Å²) in [6.45, 7) is 10.1. The van der Waals surface area contributed by atoms with Crippen LogP contribution < -0.4 is 11.1 Å². The maximum Gasteiger partial charge on any atom is 0.238 e. The van der Waals surface area contributed by atoms with Gasteiger partial charge >= 0.3 is 0 Å². The zero-order valence-electron chi connectivity index (χ0n) is 13.0. The van der Waals surface area contributed by atoms with Crippen molar-refractivity contribution >= 4 is 5.91 Å². The van der Waals surface area contributed by atoms with Crippen LogP contribution in [0.5, 0.6) is 0 Å². The van der Waals surface area contributed by atoms with Gasteiger partial charge in [-0.2, -0.15) is 0 Å². The van der Waals surface area contributed by atoms with E-state index >= 15 is 0 Å². The third-order valence-corrected chi connectivity index (χ3v) is 4.81. The zero-order valence-corrected chi connectivity index (χ0v) is 13.0. The number of piperidine rings is 1. The number of nitrogens with one attached hydrogen (secondary N) is 1. The van der Waals surface area contributed by atoms with Crippen LogP contribution in [0.25, 0.3) is 0 Å². The second-order valence-corrected chi connectivity index (χ2v) is 6.50. The molecule has 0 aromatic carbocycles. The van der Waals surface area contributed by atoms with Crippen LogP contribution in [0.3, 0.4) is 0 Å². The number of amides is 1. The summed E-state index contributed by atoms with van der Waals surface area (Å²) in [5.41, 5.74) is 4.97. The summed E-state index contributed by atoms with van der Waals surface area (Å²) in [7, 11) is 0. The minimum atomic E-state index is -0.606. The fourth-order valence-electron chi connectivity index (χ4n) is 3.60. The third-order valence-electron chi connectivity index (χ3n) is 4.81. The molecule has 0 bridgehead atoms. The van der Waals surface area contributed by atoms with Crippen LogP contribution in [-0.4, -0.2) is 66.6 Å². The van der Waals surface area contributed by atoms with Crippen LogP contribution in [-0.2, 0) is 4.79 Å². The molecule has 0 aromatic rings. The first kappa shape index (κ1) is 15.7. The molecule has 0 radical (unpaired) electrons. The Kier molecular flexibility index (Phi) is 5.41. The topological polar surface area (TPSA) is 61.6 Å². The fourth-order valence-corrected chi connectivity index (χ4v) is 3.60. The maximum atomic E-state index is 11.7. The van der Waals surface area contributed by atoms with Gasteiger partial charge in [-0.25, -0.2) is 0 Å². The lowest BCUT2D eigenvalue weighted by atomic mass is 10.0. The van der Waals surface area contributed by atoms with Gasteiger partial charge in [-0.1, -0.05) is 13.3 Å². The van der Waals surface area contributed by atoms with Gasteiger partial charge in [-0.3, -0.25) is 14.6 Å². The average molecular weight is 282 g/mol. The number of primary amides is 1. The van der Waals surface area contributed by atoms with Gasteiger partial charge in [0.1, 0.15) is 5.54 Å². The average Bonchev–Trinajstić information content (AvgIpc) is 2.88. The van der Waals surface area contributed by atoms with Crippen molar-refractivity contribution in [3.63, 3.8) is 0 Å². The van der Waals surface area contributed by atoms with Gasteiger partial charge in [0.15, 0.2) is 0 Å². The summed E-state index contributed by atoms with van der Waals surface area (Å²) in [6.07, 6.45) is 5.29. The maximum absolute atomic E-state index is 11.7. The fraction of sp³-hybridized carbons (Fsp3) is 0.933. The second-order valence-electron chi connectivity index (χ2n) is 6.50. The Bertz CT molecular complexity index is 330. The van der Waals surface area contributed by atoms with Gasteiger partial charge in [0.2, 0.25) is 5.91 Å². The van der Waals surface area contributed by atoms with Gasteiger partial charge in [-0.15, -0.1) is 0 Å². The highest BCUT2D eigenvalue weighted by Gasteiger charge is 2.36. The van der Waals surface area contributed by atoms with Crippen molar-refractivity contribution in [1.82, 2.24) is 15.1 Å². The molecule has 2 aliphatic rings. The first-order chi connectivity index (χ1) is 9.55. The lowest BCUT2D eigenvalue weighted by Gasteiger charge is -2.34. The predicted octanol–water partition coefficient (Wildman–Crippen LogP) is 0.400. The Hall–Kier alpha value is -0.650. The highest BCUT2D eigenvalue weighted by Crippen LogP contribution is 2.21. The van der Waals surface area contributed by atoms with Crippen molar-refractivity contribution in [3.05, 3.63) is 0 Å². The Morgan fingerprint density at radius 3 is 2.60 bits per heavy atom. The second kappa shape index (κ2) is 6.87. The molecule has 5 nitrogen and oxygen atoms in total. The van der Waals surface area contributed by atoms with Gasteiger partial charge in [-0.05, 0) is 52.4 Å². The Labute approximate surface area is 122 Å². The molecule has 0 aliphatic carbocycles. The van der Waals surface area contributed by atoms with Gasteiger partial charge in [0, 0.05) is 19.1 Å². The smallest absolute Gasteiger partial charge is 0.238 e. The number of likely N-dealkylation sites (N-methyl/N-ethyl adjacent to an activating group) is 1. The summed E-state index contributed by atoms with van der Waals surface area (Å²) in [5, 5.41) is 3.25. The Morgan fingerprint density at radius 2 is 2.00 bits per heavy atom. The Balaban J connectivity index is 1.86. The van der Waals surface area contributed by atoms with Crippen molar-refractivity contribution in [2.45, 2.75) is 51.1 Å². The Morgan fingerprint density at radius 1 is 1.30 bits per heavy atom. The molecule has 1 amide bonds. The summed E-state index contributed by atoms with van der Waals surface area (Å²) in [6, 6.07) is 0.675. The first-order valence-corrected chi connectivity index (χ1v) is 8.06. The van der Waals surface area contributed by atoms with E-state index in [1.165, 1.54) is 38.8 Å². The van der Waals surface area contributed by atoms with Crippen molar-refractivity contribution < 1.29 is 4.79 Å². The van der Waals surface area contributed by atoms with Crippen molar-refractivity contribution in [2.24, 2.45) is 5.73 Å². The number of likely N-dealkylation sites (tertiary alicyclic amines) is 2. The molecular formula is C15H30N4O. The van der Waals surface area contributed by atoms with E-state index in [4.69, 9.17) is 5.73 Å². The number of nitrogens with two attached hydrogens (primary N) is 1. The SMILES string of the molecule is CCNC(C)(CN1CCC(N2CCCCC2)C1)C(N)=O. The molecule has 2 saturated heterocycles. The van der Waals surface area contributed by atoms with Crippen LogP contribution in [0.2, 0.25) is 0 Å².